The number of ether oxygens (including phenoxy) is 1. The number of hydrogen-bond acceptors (Lipinski definition) is 5. The second kappa shape index (κ2) is 8.30. The van der Waals surface area contributed by atoms with Crippen LogP contribution in [-0.2, 0) is 16.0 Å². The molecule has 0 saturated carbocycles. The number of aryl methyl sites for hydroxylation is 1. The van der Waals surface area contributed by atoms with Crippen LogP contribution in [0.4, 0.5) is 0 Å². The maximum atomic E-state index is 12.0. The topological polar surface area (TPSA) is 69.0 Å². The van der Waals surface area contributed by atoms with Gasteiger partial charge in [-0.05, 0) is 30.9 Å². The third kappa shape index (κ3) is 4.15. The number of thioether (sulfide) groups is 1. The molecule has 2 heterocycles. The zero-order valence-corrected chi connectivity index (χ0v) is 14.6. The number of hydrogen-bond donors (Lipinski definition) is 1. The molecule has 2 aromatic rings. The van der Waals surface area contributed by atoms with Crippen molar-refractivity contribution in [3.05, 3.63) is 36.2 Å². The normalized spacial score (nSPS) is 17.1. The Morgan fingerprint density at radius 2 is 2.33 bits per heavy atom. The molecule has 1 amide bonds. The van der Waals surface area contributed by atoms with Crippen LogP contribution in [-0.4, -0.2) is 45.7 Å². The smallest absolute Gasteiger partial charge is 0.230 e. The molecule has 1 aliphatic heterocycles. The zero-order valence-electron chi connectivity index (χ0n) is 13.8. The predicted octanol–water partition coefficient (Wildman–Crippen LogP) is 2.22. The summed E-state index contributed by atoms with van der Waals surface area (Å²) in [5, 5.41) is 11.8. The van der Waals surface area contributed by atoms with Crippen LogP contribution in [0, 0.1) is 0 Å². The fourth-order valence-corrected chi connectivity index (χ4v) is 3.50. The minimum Gasteiger partial charge on any atom is -0.376 e. The third-order valence-electron chi connectivity index (χ3n) is 4.03. The van der Waals surface area contributed by atoms with Gasteiger partial charge < -0.3 is 10.1 Å². The predicted molar refractivity (Wildman–Crippen MR) is 93.4 cm³/mol. The van der Waals surface area contributed by atoms with Crippen molar-refractivity contribution in [2.24, 2.45) is 0 Å². The molecule has 1 saturated heterocycles. The van der Waals surface area contributed by atoms with E-state index in [0.29, 0.717) is 12.3 Å². The summed E-state index contributed by atoms with van der Waals surface area (Å²) in [4.78, 5) is 12.0. The number of carbonyl (C=O) groups excluding carboxylic acids is 1. The molecule has 0 aliphatic carbocycles. The molecule has 1 aromatic heterocycles. The number of nitrogens with one attached hydrogen (secondary N) is 1. The van der Waals surface area contributed by atoms with E-state index in [1.54, 1.807) is 6.33 Å². The van der Waals surface area contributed by atoms with Crippen molar-refractivity contribution in [2.45, 2.75) is 37.4 Å². The molecule has 1 N–H and O–H groups in total. The van der Waals surface area contributed by atoms with Gasteiger partial charge in [0.15, 0.2) is 5.16 Å². The SMILES string of the molecule is CCc1ccccc1-n1cnnc1SCC(=O)NCC1CCCO1. The summed E-state index contributed by atoms with van der Waals surface area (Å²) in [5.74, 6) is 0.313. The number of rotatable bonds is 7. The van der Waals surface area contributed by atoms with Crippen molar-refractivity contribution in [1.29, 1.82) is 0 Å². The first-order valence-corrected chi connectivity index (χ1v) is 9.26. The lowest BCUT2D eigenvalue weighted by atomic mass is 10.1. The van der Waals surface area contributed by atoms with E-state index in [-0.39, 0.29) is 12.0 Å². The van der Waals surface area contributed by atoms with Crippen molar-refractivity contribution >= 4 is 17.7 Å². The molecule has 6 nitrogen and oxygen atoms in total. The van der Waals surface area contributed by atoms with Gasteiger partial charge in [-0.3, -0.25) is 9.36 Å². The molecule has 0 radical (unpaired) electrons. The second-order valence-corrected chi connectivity index (χ2v) is 6.64. The highest BCUT2D eigenvalue weighted by atomic mass is 32.2. The van der Waals surface area contributed by atoms with Crippen LogP contribution in [0.2, 0.25) is 0 Å². The van der Waals surface area contributed by atoms with Crippen molar-refractivity contribution < 1.29 is 9.53 Å². The summed E-state index contributed by atoms with van der Waals surface area (Å²) in [7, 11) is 0. The molecular formula is C17H22N4O2S. The van der Waals surface area contributed by atoms with E-state index >= 15 is 0 Å². The van der Waals surface area contributed by atoms with Crippen molar-refractivity contribution in [2.75, 3.05) is 18.9 Å². The maximum absolute atomic E-state index is 12.0. The number of para-hydroxylation sites is 1. The zero-order chi connectivity index (χ0) is 16.8. The van der Waals surface area contributed by atoms with E-state index in [4.69, 9.17) is 4.74 Å². The van der Waals surface area contributed by atoms with E-state index < -0.39 is 0 Å². The summed E-state index contributed by atoms with van der Waals surface area (Å²) < 4.78 is 7.45. The number of nitrogens with zero attached hydrogens (tertiary/aromatic N) is 3. The van der Waals surface area contributed by atoms with Gasteiger partial charge in [0.2, 0.25) is 5.91 Å². The van der Waals surface area contributed by atoms with Crippen LogP contribution in [0.1, 0.15) is 25.3 Å². The molecule has 1 fully saturated rings. The lowest BCUT2D eigenvalue weighted by Gasteiger charge is -2.12. The number of carbonyl (C=O) groups is 1. The van der Waals surface area contributed by atoms with Crippen LogP contribution in [0.25, 0.3) is 5.69 Å². The highest BCUT2D eigenvalue weighted by Gasteiger charge is 2.17. The monoisotopic (exact) mass is 346 g/mol. The molecule has 1 unspecified atom stereocenters. The van der Waals surface area contributed by atoms with E-state index in [0.717, 1.165) is 36.7 Å². The first-order valence-electron chi connectivity index (χ1n) is 8.27. The standard InChI is InChI=1S/C17H22N4O2S/c1-2-13-6-3-4-8-15(13)21-12-19-20-17(21)24-11-16(22)18-10-14-7-5-9-23-14/h3-4,6,8,12,14H,2,5,7,9-11H2,1H3,(H,18,22). The second-order valence-electron chi connectivity index (χ2n) is 5.69. The van der Waals surface area contributed by atoms with Crippen molar-refractivity contribution in [3.63, 3.8) is 0 Å². The largest absolute Gasteiger partial charge is 0.376 e. The number of aromatic nitrogens is 3. The summed E-state index contributed by atoms with van der Waals surface area (Å²) in [6.45, 7) is 3.51. The van der Waals surface area contributed by atoms with Crippen LogP contribution in [0.15, 0.2) is 35.7 Å². The lowest BCUT2D eigenvalue weighted by Crippen LogP contribution is -2.32. The van der Waals surface area contributed by atoms with Gasteiger partial charge in [-0.15, -0.1) is 10.2 Å². The molecular weight excluding hydrogens is 324 g/mol. The van der Waals surface area contributed by atoms with Gasteiger partial charge in [0.25, 0.3) is 0 Å². The summed E-state index contributed by atoms with van der Waals surface area (Å²) in [6, 6.07) is 8.16. The maximum Gasteiger partial charge on any atom is 0.230 e. The Bertz CT molecular complexity index is 683. The van der Waals surface area contributed by atoms with Gasteiger partial charge in [0, 0.05) is 13.2 Å². The molecule has 0 bridgehead atoms. The Hall–Kier alpha value is -1.86. The van der Waals surface area contributed by atoms with Crippen LogP contribution >= 0.6 is 11.8 Å². The fraction of sp³-hybridized carbons (Fsp3) is 0.471. The lowest BCUT2D eigenvalue weighted by molar-refractivity contribution is -0.119. The molecule has 128 valence electrons. The minimum absolute atomic E-state index is 0.00572. The van der Waals surface area contributed by atoms with Gasteiger partial charge >= 0.3 is 0 Å². The average molecular weight is 346 g/mol. The molecule has 1 aromatic carbocycles. The Labute approximate surface area is 146 Å². The van der Waals surface area contributed by atoms with E-state index in [2.05, 4.69) is 28.5 Å². The quantitative estimate of drug-likeness (QED) is 0.779. The van der Waals surface area contributed by atoms with Crippen molar-refractivity contribution in [3.8, 4) is 5.69 Å². The Morgan fingerprint density at radius 3 is 3.12 bits per heavy atom. The van der Waals surface area contributed by atoms with Gasteiger partial charge in [0.05, 0.1) is 17.5 Å². The highest BCUT2D eigenvalue weighted by Crippen LogP contribution is 2.22. The third-order valence-corrected chi connectivity index (χ3v) is 4.97. The van der Waals surface area contributed by atoms with Gasteiger partial charge in [-0.25, -0.2) is 0 Å². The molecule has 1 aliphatic rings. The van der Waals surface area contributed by atoms with Gasteiger partial charge in [0.1, 0.15) is 6.33 Å². The molecule has 1 atom stereocenters. The average Bonchev–Trinajstić information content (AvgIpc) is 3.29. The first-order chi connectivity index (χ1) is 11.8. The van der Waals surface area contributed by atoms with Crippen LogP contribution in [0.3, 0.4) is 0 Å². The Morgan fingerprint density at radius 1 is 1.46 bits per heavy atom. The molecule has 24 heavy (non-hydrogen) atoms. The Kier molecular flexibility index (Phi) is 5.87. The Balaban J connectivity index is 1.58. The van der Waals surface area contributed by atoms with E-state index in [1.165, 1.54) is 17.3 Å². The van der Waals surface area contributed by atoms with Gasteiger partial charge in [-0.2, -0.15) is 0 Å². The summed E-state index contributed by atoms with van der Waals surface area (Å²) in [6.07, 6.45) is 4.89. The van der Waals surface area contributed by atoms with E-state index in [1.807, 2.05) is 22.8 Å². The van der Waals surface area contributed by atoms with Crippen LogP contribution in [0.5, 0.6) is 0 Å². The van der Waals surface area contributed by atoms with Crippen molar-refractivity contribution in [1.82, 2.24) is 20.1 Å². The first kappa shape index (κ1) is 17.0. The minimum atomic E-state index is -0.00572. The fourth-order valence-electron chi connectivity index (χ4n) is 2.75. The number of amides is 1. The molecule has 7 heteroatoms. The van der Waals surface area contributed by atoms with Crippen LogP contribution < -0.4 is 5.32 Å². The number of benzene rings is 1. The molecule has 0 spiro atoms. The highest BCUT2D eigenvalue weighted by molar-refractivity contribution is 7.99. The summed E-state index contributed by atoms with van der Waals surface area (Å²) in [5.41, 5.74) is 2.29. The van der Waals surface area contributed by atoms with E-state index in [9.17, 15) is 4.79 Å². The van der Waals surface area contributed by atoms with Gasteiger partial charge in [-0.1, -0.05) is 36.9 Å². The summed E-state index contributed by atoms with van der Waals surface area (Å²) >= 11 is 1.39. The molecule has 3 rings (SSSR count).